The van der Waals surface area contributed by atoms with Gasteiger partial charge in [0.2, 0.25) is 11.8 Å². The minimum atomic E-state index is -4.37. The highest BCUT2D eigenvalue weighted by Gasteiger charge is 2.39. The van der Waals surface area contributed by atoms with Crippen molar-refractivity contribution in [3.8, 4) is 0 Å². The Bertz CT molecular complexity index is 1500. The molecule has 1 aliphatic rings. The van der Waals surface area contributed by atoms with Gasteiger partial charge < -0.3 is 30.9 Å². The maximum atomic E-state index is 13.9. The van der Waals surface area contributed by atoms with E-state index in [4.69, 9.17) is 15.2 Å². The van der Waals surface area contributed by atoms with Gasteiger partial charge in [0, 0.05) is 13.1 Å². The third kappa shape index (κ3) is 13.3. The van der Waals surface area contributed by atoms with Gasteiger partial charge in [-0.15, -0.1) is 0 Å². The van der Waals surface area contributed by atoms with Gasteiger partial charge >= 0.3 is 12.1 Å². The van der Waals surface area contributed by atoms with Crippen molar-refractivity contribution in [3.63, 3.8) is 0 Å². The quantitative estimate of drug-likeness (QED) is 0.135. The molecule has 0 heterocycles. The van der Waals surface area contributed by atoms with Crippen molar-refractivity contribution in [1.29, 1.82) is 0 Å². The van der Waals surface area contributed by atoms with Crippen molar-refractivity contribution in [3.05, 3.63) is 71.8 Å². The molecule has 3 atom stereocenters. The molecule has 6 N–H and O–H groups in total. The van der Waals surface area contributed by atoms with E-state index < -0.39 is 70.8 Å². The number of rotatable bonds is 19. The lowest BCUT2D eigenvalue weighted by molar-refractivity contribution is -0.149. The number of ether oxygens (including phenoxy) is 2. The summed E-state index contributed by atoms with van der Waals surface area (Å²) >= 11 is 0. The summed E-state index contributed by atoms with van der Waals surface area (Å²) in [6.45, 7) is 4.03. The Balaban J connectivity index is 1.85. The van der Waals surface area contributed by atoms with Crippen LogP contribution in [-0.4, -0.2) is 85.1 Å². The van der Waals surface area contributed by atoms with Crippen LogP contribution in [0.15, 0.2) is 60.7 Å². The molecule has 1 saturated carbocycles. The molecule has 276 valence electrons. The highest BCUT2D eigenvalue weighted by Crippen LogP contribution is 2.26. The molecule has 3 amide bonds. The fourth-order valence-corrected chi connectivity index (χ4v) is 7.37. The van der Waals surface area contributed by atoms with Crippen LogP contribution in [0.5, 0.6) is 0 Å². The number of esters is 1. The minimum Gasteiger partial charge on any atom is -0.465 e. The van der Waals surface area contributed by atoms with Crippen molar-refractivity contribution < 1.29 is 42.2 Å². The monoisotopic (exact) mass is 717 g/mol. The zero-order chi connectivity index (χ0) is 36.7. The average molecular weight is 718 g/mol. The molecule has 50 heavy (non-hydrogen) atoms. The van der Waals surface area contributed by atoms with Crippen LogP contribution in [0.4, 0.5) is 4.79 Å². The SMILES string of the molecule is CCOC(=O)C(C)(C)NS(=O)(=O)N(CC1CCCCC1)C[C@@H](O)[C@H](Cc1ccccc1)NC(=O)[C@H](CC(N)=O)NC(=O)OCc1ccccc1. The molecule has 0 bridgehead atoms. The first kappa shape index (κ1) is 40.4. The van der Waals surface area contributed by atoms with Crippen LogP contribution in [0.3, 0.4) is 0 Å². The lowest BCUT2D eigenvalue weighted by Crippen LogP contribution is -2.59. The predicted octanol–water partition coefficient (Wildman–Crippen LogP) is 2.30. The number of alkyl carbamates (subject to hydrolysis) is 1. The summed E-state index contributed by atoms with van der Waals surface area (Å²) < 4.78 is 41.6. The number of aliphatic hydroxyl groups excluding tert-OH is 1. The zero-order valence-corrected chi connectivity index (χ0v) is 29.8. The summed E-state index contributed by atoms with van der Waals surface area (Å²) in [5.41, 5.74) is 5.23. The number of benzene rings is 2. The molecule has 0 aromatic heterocycles. The molecular formula is C35H51N5O9S. The van der Waals surface area contributed by atoms with Crippen LogP contribution in [-0.2, 0) is 47.1 Å². The molecule has 2 aromatic rings. The van der Waals surface area contributed by atoms with Crippen LogP contribution in [0.1, 0.15) is 70.4 Å². The molecule has 0 radical (unpaired) electrons. The topological polar surface area (TPSA) is 206 Å². The molecule has 0 spiro atoms. The van der Waals surface area contributed by atoms with E-state index in [2.05, 4.69) is 15.4 Å². The maximum absolute atomic E-state index is 13.9. The van der Waals surface area contributed by atoms with Crippen LogP contribution in [0.2, 0.25) is 0 Å². The fourth-order valence-electron chi connectivity index (χ4n) is 5.76. The number of aliphatic hydroxyl groups is 1. The Kier molecular flexibility index (Phi) is 15.6. The summed E-state index contributed by atoms with van der Waals surface area (Å²) in [4.78, 5) is 50.8. The smallest absolute Gasteiger partial charge is 0.408 e. The van der Waals surface area contributed by atoms with Crippen molar-refractivity contribution in [1.82, 2.24) is 19.7 Å². The lowest BCUT2D eigenvalue weighted by Gasteiger charge is -2.35. The van der Waals surface area contributed by atoms with Gasteiger partial charge in [-0.05, 0) is 57.1 Å². The van der Waals surface area contributed by atoms with Gasteiger partial charge in [-0.3, -0.25) is 14.4 Å². The molecule has 0 aliphatic heterocycles. The van der Waals surface area contributed by atoms with Gasteiger partial charge in [0.05, 0.1) is 25.2 Å². The third-order valence-electron chi connectivity index (χ3n) is 8.40. The lowest BCUT2D eigenvalue weighted by atomic mass is 9.89. The minimum absolute atomic E-state index is 0.0199. The number of amides is 3. The van der Waals surface area contributed by atoms with Crippen LogP contribution < -0.4 is 21.1 Å². The second-order valence-electron chi connectivity index (χ2n) is 13.1. The van der Waals surface area contributed by atoms with Gasteiger partial charge in [0.15, 0.2) is 0 Å². The number of nitrogens with two attached hydrogens (primary N) is 1. The molecule has 2 aromatic carbocycles. The van der Waals surface area contributed by atoms with Crippen LogP contribution in [0.25, 0.3) is 0 Å². The third-order valence-corrected chi connectivity index (χ3v) is 10.2. The van der Waals surface area contributed by atoms with Gasteiger partial charge in [0.25, 0.3) is 10.2 Å². The molecule has 1 fully saturated rings. The van der Waals surface area contributed by atoms with Crippen LogP contribution >= 0.6 is 0 Å². The fraction of sp³-hybridized carbons (Fsp3) is 0.543. The summed E-state index contributed by atoms with van der Waals surface area (Å²) in [5, 5.41) is 16.8. The number of carbonyl (C=O) groups excluding carboxylic acids is 4. The standard InChI is InChI=1S/C35H51N5O9S/c1-4-48-33(44)35(2,3)39-50(46,47)40(22-26-16-10-6-11-17-26)23-30(41)28(20-25-14-8-5-9-15-25)37-32(43)29(21-31(36)42)38-34(45)49-24-27-18-12-7-13-19-27/h5,7-9,12-15,18-19,26,28-30,39,41H,4,6,10-11,16-17,20-24H2,1-3H3,(H2,36,42)(H,37,43)(H,38,45)/t28-,29-,30+/m0/s1. The number of nitrogens with zero attached hydrogens (tertiary/aromatic N) is 1. The Hall–Kier alpha value is -4.05. The summed E-state index contributed by atoms with van der Waals surface area (Å²) in [6, 6.07) is 15.3. The van der Waals surface area contributed by atoms with Crippen LogP contribution in [0, 0.1) is 5.92 Å². The summed E-state index contributed by atoms with van der Waals surface area (Å²) in [7, 11) is -4.37. The van der Waals surface area contributed by atoms with E-state index >= 15 is 0 Å². The molecule has 3 rings (SSSR count). The second-order valence-corrected chi connectivity index (χ2v) is 14.7. The first-order valence-corrected chi connectivity index (χ1v) is 18.4. The maximum Gasteiger partial charge on any atom is 0.408 e. The van der Waals surface area contributed by atoms with E-state index in [1.807, 2.05) is 6.07 Å². The Morgan fingerprint density at radius 1 is 0.940 bits per heavy atom. The Labute approximate surface area is 294 Å². The summed E-state index contributed by atoms with van der Waals surface area (Å²) in [6.07, 6.45) is 1.62. The molecule has 1 aliphatic carbocycles. The highest BCUT2D eigenvalue weighted by atomic mass is 32.2. The van der Waals surface area contributed by atoms with Gasteiger partial charge in [-0.1, -0.05) is 79.9 Å². The number of primary amides is 1. The molecule has 14 nitrogen and oxygen atoms in total. The second kappa shape index (κ2) is 19.4. The van der Waals surface area contributed by atoms with Crippen molar-refractivity contribution >= 4 is 34.1 Å². The van der Waals surface area contributed by atoms with Crippen molar-refractivity contribution in [2.75, 3.05) is 19.7 Å². The molecule has 0 unspecified atom stereocenters. The molecule has 0 saturated heterocycles. The highest BCUT2D eigenvalue weighted by molar-refractivity contribution is 7.87. The first-order chi connectivity index (χ1) is 23.7. The summed E-state index contributed by atoms with van der Waals surface area (Å²) in [5.74, 6) is -2.44. The van der Waals surface area contributed by atoms with E-state index in [0.29, 0.717) is 5.56 Å². The van der Waals surface area contributed by atoms with E-state index in [0.717, 1.165) is 42.0 Å². The molecular weight excluding hydrogens is 666 g/mol. The molecule has 15 heteroatoms. The zero-order valence-electron chi connectivity index (χ0n) is 29.0. The van der Waals surface area contributed by atoms with E-state index in [1.54, 1.807) is 61.5 Å². The first-order valence-electron chi connectivity index (χ1n) is 16.9. The van der Waals surface area contributed by atoms with Gasteiger partial charge in [-0.25, -0.2) is 4.79 Å². The number of hydrogen-bond donors (Lipinski definition) is 5. The van der Waals surface area contributed by atoms with E-state index in [9.17, 15) is 32.7 Å². The Morgan fingerprint density at radius 2 is 1.54 bits per heavy atom. The van der Waals surface area contributed by atoms with Gasteiger partial charge in [0.1, 0.15) is 18.2 Å². The normalized spacial score (nSPS) is 15.8. The van der Waals surface area contributed by atoms with Crippen molar-refractivity contribution in [2.24, 2.45) is 11.7 Å². The van der Waals surface area contributed by atoms with Gasteiger partial charge in [-0.2, -0.15) is 17.4 Å². The van der Waals surface area contributed by atoms with E-state index in [1.165, 1.54) is 13.8 Å². The van der Waals surface area contributed by atoms with Crippen molar-refractivity contribution in [2.45, 2.75) is 96.1 Å². The largest absolute Gasteiger partial charge is 0.465 e. The average Bonchev–Trinajstić information content (AvgIpc) is 3.07. The van der Waals surface area contributed by atoms with E-state index in [-0.39, 0.29) is 32.1 Å². The number of carbonyl (C=O) groups is 4. The number of nitrogens with one attached hydrogen (secondary N) is 3. The predicted molar refractivity (Wildman–Crippen MR) is 186 cm³/mol. The Morgan fingerprint density at radius 3 is 2.12 bits per heavy atom. The number of hydrogen-bond acceptors (Lipinski definition) is 9.